The standard InChI is InChI=1S/C9H14N2/c1-3-5-8(4-2)9-6-7-10-11-9/h5-7H,3-4H2,1-2H3,(H,10,11)/b8-5+. The molecule has 0 fully saturated rings. The van der Waals surface area contributed by atoms with Gasteiger partial charge in [-0.2, -0.15) is 5.10 Å². The van der Waals surface area contributed by atoms with Gasteiger partial charge in [-0.15, -0.1) is 0 Å². The lowest BCUT2D eigenvalue weighted by Gasteiger charge is -1.98. The second-order valence-corrected chi connectivity index (χ2v) is 2.46. The number of aromatic amines is 1. The predicted octanol–water partition coefficient (Wildman–Crippen LogP) is 2.61. The highest BCUT2D eigenvalue weighted by Gasteiger charge is 1.97. The second kappa shape index (κ2) is 3.96. The van der Waals surface area contributed by atoms with E-state index < -0.39 is 0 Å². The number of hydrogen-bond acceptors (Lipinski definition) is 1. The van der Waals surface area contributed by atoms with Gasteiger partial charge >= 0.3 is 0 Å². The molecule has 0 spiro atoms. The van der Waals surface area contributed by atoms with Crippen molar-refractivity contribution in [2.24, 2.45) is 0 Å². The fraction of sp³-hybridized carbons (Fsp3) is 0.444. The summed E-state index contributed by atoms with van der Waals surface area (Å²) in [5, 5.41) is 6.86. The summed E-state index contributed by atoms with van der Waals surface area (Å²) in [6, 6.07) is 2.00. The van der Waals surface area contributed by atoms with Crippen LogP contribution >= 0.6 is 0 Å². The SMILES string of the molecule is CC/C=C(\CC)c1ccn[nH]1. The van der Waals surface area contributed by atoms with Gasteiger partial charge in [0.1, 0.15) is 0 Å². The van der Waals surface area contributed by atoms with Gasteiger partial charge in [0.05, 0.1) is 5.69 Å². The molecule has 2 nitrogen and oxygen atoms in total. The Morgan fingerprint density at radius 1 is 1.64 bits per heavy atom. The van der Waals surface area contributed by atoms with Crippen LogP contribution in [0.2, 0.25) is 0 Å². The third-order valence-electron chi connectivity index (χ3n) is 1.68. The van der Waals surface area contributed by atoms with E-state index >= 15 is 0 Å². The number of hydrogen-bond donors (Lipinski definition) is 1. The van der Waals surface area contributed by atoms with Crippen LogP contribution in [0.4, 0.5) is 0 Å². The van der Waals surface area contributed by atoms with Gasteiger partial charge < -0.3 is 0 Å². The zero-order chi connectivity index (χ0) is 8.10. The van der Waals surface area contributed by atoms with E-state index in [1.165, 1.54) is 5.57 Å². The van der Waals surface area contributed by atoms with Gasteiger partial charge in [0.15, 0.2) is 0 Å². The molecule has 0 saturated heterocycles. The van der Waals surface area contributed by atoms with Gasteiger partial charge in [-0.25, -0.2) is 0 Å². The number of rotatable bonds is 3. The maximum absolute atomic E-state index is 3.91. The van der Waals surface area contributed by atoms with Crippen LogP contribution in [-0.4, -0.2) is 10.2 Å². The minimum absolute atomic E-state index is 1.07. The second-order valence-electron chi connectivity index (χ2n) is 2.46. The molecule has 2 heteroatoms. The van der Waals surface area contributed by atoms with Crippen molar-refractivity contribution in [2.45, 2.75) is 26.7 Å². The van der Waals surface area contributed by atoms with E-state index in [0.29, 0.717) is 0 Å². The molecule has 1 heterocycles. The van der Waals surface area contributed by atoms with Crippen molar-refractivity contribution in [2.75, 3.05) is 0 Å². The van der Waals surface area contributed by atoms with Crippen LogP contribution in [0.5, 0.6) is 0 Å². The number of nitrogens with zero attached hydrogens (tertiary/aromatic N) is 1. The van der Waals surface area contributed by atoms with Gasteiger partial charge in [-0.3, -0.25) is 5.10 Å². The first-order chi connectivity index (χ1) is 5.38. The smallest absolute Gasteiger partial charge is 0.0606 e. The normalized spacial score (nSPS) is 12.0. The maximum atomic E-state index is 3.91. The van der Waals surface area contributed by atoms with Crippen LogP contribution in [0.3, 0.4) is 0 Å². The van der Waals surface area contributed by atoms with E-state index in [1.54, 1.807) is 6.20 Å². The average Bonchev–Trinajstić information content (AvgIpc) is 2.52. The zero-order valence-corrected chi connectivity index (χ0v) is 7.09. The molecule has 11 heavy (non-hydrogen) atoms. The molecule has 0 aliphatic carbocycles. The molecule has 0 amide bonds. The number of nitrogens with one attached hydrogen (secondary N) is 1. The Hall–Kier alpha value is -1.05. The number of H-pyrrole nitrogens is 1. The molecular weight excluding hydrogens is 136 g/mol. The van der Waals surface area contributed by atoms with Crippen LogP contribution in [0.15, 0.2) is 18.3 Å². The molecule has 0 radical (unpaired) electrons. The van der Waals surface area contributed by atoms with Crippen molar-refractivity contribution < 1.29 is 0 Å². The first-order valence-corrected chi connectivity index (χ1v) is 4.07. The molecule has 60 valence electrons. The zero-order valence-electron chi connectivity index (χ0n) is 7.09. The summed E-state index contributed by atoms with van der Waals surface area (Å²) < 4.78 is 0. The Kier molecular flexibility index (Phi) is 2.90. The van der Waals surface area contributed by atoms with Crippen molar-refractivity contribution in [1.82, 2.24) is 10.2 Å². The first-order valence-electron chi connectivity index (χ1n) is 4.07. The average molecular weight is 150 g/mol. The fourth-order valence-electron chi connectivity index (χ4n) is 1.13. The molecule has 1 N–H and O–H groups in total. The largest absolute Gasteiger partial charge is 0.278 e. The lowest BCUT2D eigenvalue weighted by molar-refractivity contribution is 1.05. The van der Waals surface area contributed by atoms with E-state index in [9.17, 15) is 0 Å². The first kappa shape index (κ1) is 8.05. The molecule has 1 rings (SSSR count). The van der Waals surface area contributed by atoms with Crippen molar-refractivity contribution in [3.05, 3.63) is 24.0 Å². The lowest BCUT2D eigenvalue weighted by atomic mass is 10.1. The van der Waals surface area contributed by atoms with Crippen molar-refractivity contribution in [3.8, 4) is 0 Å². The van der Waals surface area contributed by atoms with E-state index in [-0.39, 0.29) is 0 Å². The summed E-state index contributed by atoms with van der Waals surface area (Å²) in [4.78, 5) is 0. The quantitative estimate of drug-likeness (QED) is 0.705. The summed E-state index contributed by atoms with van der Waals surface area (Å²) in [6.45, 7) is 4.30. The molecular formula is C9H14N2. The molecule has 1 aromatic heterocycles. The van der Waals surface area contributed by atoms with Gasteiger partial charge in [-0.05, 0) is 24.5 Å². The van der Waals surface area contributed by atoms with Crippen LogP contribution in [0.25, 0.3) is 5.57 Å². The maximum Gasteiger partial charge on any atom is 0.0606 e. The summed E-state index contributed by atoms with van der Waals surface area (Å²) in [5.74, 6) is 0. The van der Waals surface area contributed by atoms with Gasteiger partial charge in [0.2, 0.25) is 0 Å². The van der Waals surface area contributed by atoms with Gasteiger partial charge in [-0.1, -0.05) is 19.9 Å². The molecule has 0 saturated carbocycles. The Morgan fingerprint density at radius 3 is 2.91 bits per heavy atom. The van der Waals surface area contributed by atoms with E-state index in [2.05, 4.69) is 30.1 Å². The predicted molar refractivity (Wildman–Crippen MR) is 47.1 cm³/mol. The van der Waals surface area contributed by atoms with Crippen LogP contribution in [0.1, 0.15) is 32.4 Å². The van der Waals surface area contributed by atoms with Crippen molar-refractivity contribution in [3.63, 3.8) is 0 Å². The Balaban J connectivity index is 2.79. The van der Waals surface area contributed by atoms with E-state index in [0.717, 1.165) is 18.5 Å². The highest BCUT2D eigenvalue weighted by atomic mass is 15.1. The Labute approximate surface area is 67.3 Å². The fourth-order valence-corrected chi connectivity index (χ4v) is 1.13. The van der Waals surface area contributed by atoms with E-state index in [1.807, 2.05) is 6.07 Å². The van der Waals surface area contributed by atoms with Gasteiger partial charge in [0, 0.05) is 6.20 Å². The van der Waals surface area contributed by atoms with Gasteiger partial charge in [0.25, 0.3) is 0 Å². The summed E-state index contributed by atoms with van der Waals surface area (Å²) in [5.41, 5.74) is 2.50. The van der Waals surface area contributed by atoms with Crippen LogP contribution in [-0.2, 0) is 0 Å². The molecule has 1 aromatic rings. The third kappa shape index (κ3) is 1.93. The molecule has 0 atom stereocenters. The van der Waals surface area contributed by atoms with Crippen LogP contribution < -0.4 is 0 Å². The van der Waals surface area contributed by atoms with Crippen molar-refractivity contribution >= 4 is 5.57 Å². The topological polar surface area (TPSA) is 28.7 Å². The minimum Gasteiger partial charge on any atom is -0.278 e. The minimum atomic E-state index is 1.07. The number of aromatic nitrogens is 2. The molecule has 0 bridgehead atoms. The van der Waals surface area contributed by atoms with Crippen LogP contribution in [0, 0.1) is 0 Å². The number of allylic oxidation sites excluding steroid dienone is 2. The molecule has 0 unspecified atom stereocenters. The monoisotopic (exact) mass is 150 g/mol. The third-order valence-corrected chi connectivity index (χ3v) is 1.68. The van der Waals surface area contributed by atoms with Crippen molar-refractivity contribution in [1.29, 1.82) is 0 Å². The summed E-state index contributed by atoms with van der Waals surface area (Å²) >= 11 is 0. The summed E-state index contributed by atoms with van der Waals surface area (Å²) in [6.07, 6.45) is 6.17. The molecule has 0 aliphatic heterocycles. The summed E-state index contributed by atoms with van der Waals surface area (Å²) in [7, 11) is 0. The molecule has 0 aliphatic rings. The lowest BCUT2D eigenvalue weighted by Crippen LogP contribution is -1.82. The Morgan fingerprint density at radius 2 is 2.45 bits per heavy atom. The van der Waals surface area contributed by atoms with E-state index in [4.69, 9.17) is 0 Å². The highest BCUT2D eigenvalue weighted by molar-refractivity contribution is 5.61. The molecule has 0 aromatic carbocycles. The highest BCUT2D eigenvalue weighted by Crippen LogP contribution is 2.14. The Bertz CT molecular complexity index is 222.